The van der Waals surface area contributed by atoms with Crippen LogP contribution in [0.5, 0.6) is 11.5 Å². The number of ether oxygens (including phenoxy) is 2. The summed E-state index contributed by atoms with van der Waals surface area (Å²) in [6.45, 7) is 0. The minimum Gasteiger partial charge on any atom is -0.497 e. The van der Waals surface area contributed by atoms with E-state index in [1.807, 2.05) is 18.2 Å². The average molecular weight is 263 g/mol. The predicted octanol–water partition coefficient (Wildman–Crippen LogP) is 2.65. The van der Waals surface area contributed by atoms with Gasteiger partial charge in [-0.05, 0) is 25.0 Å². The van der Waals surface area contributed by atoms with Gasteiger partial charge in [0.2, 0.25) is 0 Å². The van der Waals surface area contributed by atoms with E-state index in [2.05, 4.69) is 11.9 Å². The molecule has 1 aliphatic carbocycles. The number of hydrogen-bond acceptors (Lipinski definition) is 4. The Kier molecular flexibility index (Phi) is 4.30. The summed E-state index contributed by atoms with van der Waals surface area (Å²) in [7, 11) is 5.38. The summed E-state index contributed by atoms with van der Waals surface area (Å²) in [6, 6.07) is 6.17. The highest BCUT2D eigenvalue weighted by Gasteiger charge is 2.24. The number of benzene rings is 1. The van der Waals surface area contributed by atoms with E-state index in [4.69, 9.17) is 9.47 Å². The van der Waals surface area contributed by atoms with Crippen LogP contribution in [0.3, 0.4) is 0 Å². The van der Waals surface area contributed by atoms with E-state index in [1.165, 1.54) is 0 Å². The molecule has 1 aromatic carbocycles. The van der Waals surface area contributed by atoms with E-state index in [0.717, 1.165) is 30.0 Å². The van der Waals surface area contributed by atoms with Gasteiger partial charge in [-0.25, -0.2) is 0 Å². The third kappa shape index (κ3) is 3.00. The van der Waals surface area contributed by atoms with Gasteiger partial charge in [-0.2, -0.15) is 0 Å². The Morgan fingerprint density at radius 3 is 2.42 bits per heavy atom. The van der Waals surface area contributed by atoms with Gasteiger partial charge < -0.3 is 14.4 Å². The molecule has 0 bridgehead atoms. The van der Waals surface area contributed by atoms with Crippen molar-refractivity contribution in [2.45, 2.75) is 31.7 Å². The first-order valence-electron chi connectivity index (χ1n) is 6.62. The Bertz CT molecular complexity index is 449. The fourth-order valence-electron chi connectivity index (χ4n) is 2.58. The molecular formula is C15H21NO3. The highest BCUT2D eigenvalue weighted by Crippen LogP contribution is 2.34. The molecule has 0 unspecified atom stereocenters. The molecule has 1 aliphatic rings. The fourth-order valence-corrected chi connectivity index (χ4v) is 2.58. The van der Waals surface area contributed by atoms with Crippen LogP contribution in [0.15, 0.2) is 18.2 Å². The molecule has 0 amide bonds. The third-order valence-corrected chi connectivity index (χ3v) is 3.83. The summed E-state index contributed by atoms with van der Waals surface area (Å²) in [5, 5.41) is 0. The standard InChI is InChI=1S/C15H21NO3/c1-16(11-4-6-12(17)7-5-11)14-10-13(18-2)8-9-15(14)19-3/h8-11H,4-7H2,1-3H3. The zero-order valence-corrected chi connectivity index (χ0v) is 11.8. The largest absolute Gasteiger partial charge is 0.497 e. The summed E-state index contributed by atoms with van der Waals surface area (Å²) in [5.41, 5.74) is 1.01. The lowest BCUT2D eigenvalue weighted by atomic mass is 9.93. The zero-order chi connectivity index (χ0) is 13.8. The lowest BCUT2D eigenvalue weighted by molar-refractivity contribution is -0.120. The second-order valence-corrected chi connectivity index (χ2v) is 4.92. The van der Waals surface area contributed by atoms with Gasteiger partial charge in [-0.1, -0.05) is 0 Å². The topological polar surface area (TPSA) is 38.8 Å². The van der Waals surface area contributed by atoms with Crippen LogP contribution in [0.1, 0.15) is 25.7 Å². The molecular weight excluding hydrogens is 242 g/mol. The summed E-state index contributed by atoms with van der Waals surface area (Å²) < 4.78 is 10.7. The second kappa shape index (κ2) is 5.95. The predicted molar refractivity (Wildman–Crippen MR) is 75.2 cm³/mol. The van der Waals surface area contributed by atoms with Crippen LogP contribution in [0.2, 0.25) is 0 Å². The van der Waals surface area contributed by atoms with Gasteiger partial charge in [0.1, 0.15) is 17.3 Å². The van der Waals surface area contributed by atoms with Crippen LogP contribution in [0, 0.1) is 0 Å². The quantitative estimate of drug-likeness (QED) is 0.837. The molecule has 1 fully saturated rings. The van der Waals surface area contributed by atoms with E-state index < -0.39 is 0 Å². The molecule has 4 nitrogen and oxygen atoms in total. The Morgan fingerprint density at radius 1 is 1.16 bits per heavy atom. The zero-order valence-electron chi connectivity index (χ0n) is 11.8. The van der Waals surface area contributed by atoms with Crippen LogP contribution < -0.4 is 14.4 Å². The van der Waals surface area contributed by atoms with Crippen molar-refractivity contribution >= 4 is 11.5 Å². The highest BCUT2D eigenvalue weighted by atomic mass is 16.5. The van der Waals surface area contributed by atoms with Crippen LogP contribution in [0.25, 0.3) is 0 Å². The molecule has 0 saturated heterocycles. The molecule has 0 heterocycles. The lowest BCUT2D eigenvalue weighted by Gasteiger charge is -2.33. The van der Waals surface area contributed by atoms with E-state index in [1.54, 1.807) is 14.2 Å². The molecule has 0 aromatic heterocycles. The van der Waals surface area contributed by atoms with Crippen molar-refractivity contribution in [3.63, 3.8) is 0 Å². The number of carbonyl (C=O) groups is 1. The number of methoxy groups -OCH3 is 2. The minimum atomic E-state index is 0.377. The molecule has 4 heteroatoms. The SMILES string of the molecule is COc1ccc(OC)c(N(C)C2CCC(=O)CC2)c1. The van der Waals surface area contributed by atoms with Crippen molar-refractivity contribution in [3.8, 4) is 11.5 Å². The maximum Gasteiger partial charge on any atom is 0.142 e. The van der Waals surface area contributed by atoms with Gasteiger partial charge in [0, 0.05) is 32.0 Å². The number of nitrogens with zero attached hydrogens (tertiary/aromatic N) is 1. The number of carbonyl (C=O) groups excluding carboxylic acids is 1. The maximum absolute atomic E-state index is 11.3. The van der Waals surface area contributed by atoms with E-state index >= 15 is 0 Å². The average Bonchev–Trinajstić information content (AvgIpc) is 2.46. The van der Waals surface area contributed by atoms with Crippen LogP contribution >= 0.6 is 0 Å². The Labute approximate surface area is 114 Å². The summed E-state index contributed by atoms with van der Waals surface area (Å²) in [6.07, 6.45) is 3.19. The number of ketones is 1. The number of hydrogen-bond donors (Lipinski definition) is 0. The van der Waals surface area contributed by atoms with Crippen molar-refractivity contribution in [3.05, 3.63) is 18.2 Å². The first kappa shape index (κ1) is 13.7. The van der Waals surface area contributed by atoms with Gasteiger partial charge in [0.15, 0.2) is 0 Å². The number of rotatable bonds is 4. The maximum atomic E-state index is 11.3. The summed E-state index contributed by atoms with van der Waals surface area (Å²) >= 11 is 0. The van der Waals surface area contributed by atoms with Crippen molar-refractivity contribution in [1.82, 2.24) is 0 Å². The highest BCUT2D eigenvalue weighted by molar-refractivity contribution is 5.79. The monoisotopic (exact) mass is 263 g/mol. The molecule has 1 saturated carbocycles. The third-order valence-electron chi connectivity index (χ3n) is 3.83. The van der Waals surface area contributed by atoms with E-state index in [9.17, 15) is 4.79 Å². The van der Waals surface area contributed by atoms with Gasteiger partial charge in [0.25, 0.3) is 0 Å². The Balaban J connectivity index is 2.21. The second-order valence-electron chi connectivity index (χ2n) is 4.92. The van der Waals surface area contributed by atoms with Gasteiger partial charge in [0.05, 0.1) is 19.9 Å². The van der Waals surface area contributed by atoms with Gasteiger partial charge in [-0.3, -0.25) is 4.79 Å². The molecule has 0 radical (unpaired) electrons. The van der Waals surface area contributed by atoms with Crippen molar-refractivity contribution in [1.29, 1.82) is 0 Å². The Hall–Kier alpha value is -1.71. The summed E-state index contributed by atoms with van der Waals surface area (Å²) in [5.74, 6) is 2.02. The molecule has 1 aromatic rings. The number of Topliss-reactive ketones (excluding diaryl/α,β-unsaturated/α-hetero) is 1. The molecule has 2 rings (SSSR count). The van der Waals surface area contributed by atoms with Crippen molar-refractivity contribution in [2.24, 2.45) is 0 Å². The first-order valence-corrected chi connectivity index (χ1v) is 6.62. The molecule has 104 valence electrons. The smallest absolute Gasteiger partial charge is 0.142 e. The first-order chi connectivity index (χ1) is 9.15. The van der Waals surface area contributed by atoms with E-state index in [-0.39, 0.29) is 0 Å². The molecule has 0 spiro atoms. The molecule has 0 N–H and O–H groups in total. The van der Waals surface area contributed by atoms with Gasteiger partial charge >= 0.3 is 0 Å². The molecule has 0 atom stereocenters. The summed E-state index contributed by atoms with van der Waals surface area (Å²) in [4.78, 5) is 13.5. The number of anilines is 1. The minimum absolute atomic E-state index is 0.377. The normalized spacial score (nSPS) is 16.3. The van der Waals surface area contributed by atoms with Crippen LogP contribution in [0.4, 0.5) is 5.69 Å². The fraction of sp³-hybridized carbons (Fsp3) is 0.533. The lowest BCUT2D eigenvalue weighted by Crippen LogP contribution is -2.35. The van der Waals surface area contributed by atoms with E-state index in [0.29, 0.717) is 24.7 Å². The molecule has 19 heavy (non-hydrogen) atoms. The van der Waals surface area contributed by atoms with Crippen LogP contribution in [-0.2, 0) is 4.79 Å². The van der Waals surface area contributed by atoms with Gasteiger partial charge in [-0.15, -0.1) is 0 Å². The molecule has 0 aliphatic heterocycles. The van der Waals surface area contributed by atoms with Crippen molar-refractivity contribution < 1.29 is 14.3 Å². The van der Waals surface area contributed by atoms with Crippen molar-refractivity contribution in [2.75, 3.05) is 26.2 Å². The Morgan fingerprint density at radius 2 is 1.84 bits per heavy atom. The van der Waals surface area contributed by atoms with Crippen LogP contribution in [-0.4, -0.2) is 33.1 Å².